The summed E-state index contributed by atoms with van der Waals surface area (Å²) in [5.41, 5.74) is -1.74. The molecule has 0 radical (unpaired) electrons. The first kappa shape index (κ1) is 14.8. The molecule has 1 fully saturated rings. The van der Waals surface area contributed by atoms with Gasteiger partial charge in [0, 0.05) is 13.1 Å². The summed E-state index contributed by atoms with van der Waals surface area (Å²) in [6.45, 7) is 3.98. The average Bonchev–Trinajstić information content (AvgIpc) is 2.40. The standard InChI is InChI=1S/C13H15N3O5/c1-13(2)12(19)14-6-7-15(13)9-5-3-4-8(11(17)18)10(9)16(20)21/h3-5H,6-7H2,1-2H3,(H,14,19)(H,17,18). The molecule has 2 N–H and O–H groups in total. The molecule has 8 nitrogen and oxygen atoms in total. The van der Waals surface area contributed by atoms with Gasteiger partial charge in [0.15, 0.2) is 0 Å². The van der Waals surface area contributed by atoms with Crippen molar-refractivity contribution in [1.82, 2.24) is 5.32 Å². The minimum absolute atomic E-state index is 0.139. The number of nitrogens with one attached hydrogen (secondary N) is 1. The van der Waals surface area contributed by atoms with Crippen LogP contribution in [0.5, 0.6) is 0 Å². The van der Waals surface area contributed by atoms with E-state index >= 15 is 0 Å². The molecule has 0 aliphatic carbocycles. The smallest absolute Gasteiger partial charge is 0.342 e. The summed E-state index contributed by atoms with van der Waals surface area (Å²) in [6.07, 6.45) is 0. The highest BCUT2D eigenvalue weighted by molar-refractivity contribution is 5.97. The summed E-state index contributed by atoms with van der Waals surface area (Å²) < 4.78 is 0. The van der Waals surface area contributed by atoms with Crippen molar-refractivity contribution in [1.29, 1.82) is 0 Å². The molecule has 0 spiro atoms. The summed E-state index contributed by atoms with van der Waals surface area (Å²) in [5, 5.41) is 23.1. The number of piperazine rings is 1. The summed E-state index contributed by atoms with van der Waals surface area (Å²) in [4.78, 5) is 35.3. The third-order valence-corrected chi connectivity index (χ3v) is 3.57. The molecule has 112 valence electrons. The Labute approximate surface area is 120 Å². The van der Waals surface area contributed by atoms with Crippen molar-refractivity contribution < 1.29 is 19.6 Å². The normalized spacial score (nSPS) is 17.2. The molecular weight excluding hydrogens is 278 g/mol. The molecular formula is C13H15N3O5. The van der Waals surface area contributed by atoms with Gasteiger partial charge < -0.3 is 15.3 Å². The molecule has 0 bridgehead atoms. The number of nitrogens with zero attached hydrogens (tertiary/aromatic N) is 2. The maximum absolute atomic E-state index is 12.0. The van der Waals surface area contributed by atoms with Crippen LogP contribution in [-0.2, 0) is 4.79 Å². The van der Waals surface area contributed by atoms with Crippen LogP contribution in [0.15, 0.2) is 18.2 Å². The predicted octanol–water partition coefficient (Wildman–Crippen LogP) is 1.01. The lowest BCUT2D eigenvalue weighted by Crippen LogP contribution is -2.62. The minimum Gasteiger partial charge on any atom is -0.477 e. The Bertz CT molecular complexity index is 626. The fourth-order valence-electron chi connectivity index (χ4n) is 2.43. The number of para-hydroxylation sites is 1. The molecule has 8 heteroatoms. The van der Waals surface area contributed by atoms with Crippen LogP contribution in [-0.4, -0.2) is 40.5 Å². The summed E-state index contributed by atoms with van der Waals surface area (Å²) >= 11 is 0. The third-order valence-electron chi connectivity index (χ3n) is 3.57. The Balaban J connectivity index is 2.63. The molecule has 1 saturated heterocycles. The van der Waals surface area contributed by atoms with Crippen LogP contribution >= 0.6 is 0 Å². The average molecular weight is 293 g/mol. The van der Waals surface area contributed by atoms with E-state index in [1.165, 1.54) is 18.2 Å². The van der Waals surface area contributed by atoms with Crippen LogP contribution in [0.4, 0.5) is 11.4 Å². The Kier molecular flexibility index (Phi) is 3.54. The van der Waals surface area contributed by atoms with E-state index in [0.29, 0.717) is 13.1 Å². The first-order valence-electron chi connectivity index (χ1n) is 6.33. The van der Waals surface area contributed by atoms with Gasteiger partial charge in [0.25, 0.3) is 0 Å². The quantitative estimate of drug-likeness (QED) is 0.635. The van der Waals surface area contributed by atoms with Gasteiger partial charge in [-0.2, -0.15) is 0 Å². The van der Waals surface area contributed by atoms with Crippen molar-refractivity contribution >= 4 is 23.3 Å². The van der Waals surface area contributed by atoms with Crippen LogP contribution < -0.4 is 10.2 Å². The topological polar surface area (TPSA) is 113 Å². The largest absolute Gasteiger partial charge is 0.477 e. The molecule has 2 rings (SSSR count). The third kappa shape index (κ3) is 2.39. The van der Waals surface area contributed by atoms with E-state index in [9.17, 15) is 19.7 Å². The van der Waals surface area contributed by atoms with Crippen LogP contribution in [0.2, 0.25) is 0 Å². The van der Waals surface area contributed by atoms with Gasteiger partial charge in [-0.05, 0) is 26.0 Å². The van der Waals surface area contributed by atoms with E-state index in [1.807, 2.05) is 0 Å². The molecule has 21 heavy (non-hydrogen) atoms. The number of nitro benzene ring substituents is 1. The van der Waals surface area contributed by atoms with Crippen molar-refractivity contribution in [2.45, 2.75) is 19.4 Å². The van der Waals surface area contributed by atoms with Gasteiger partial charge in [-0.3, -0.25) is 14.9 Å². The number of anilines is 1. The zero-order valence-corrected chi connectivity index (χ0v) is 11.6. The number of amides is 1. The Hall–Kier alpha value is -2.64. The van der Waals surface area contributed by atoms with E-state index in [1.54, 1.807) is 18.7 Å². The maximum atomic E-state index is 12.0. The van der Waals surface area contributed by atoms with Crippen LogP contribution in [0.25, 0.3) is 0 Å². The Morgan fingerprint density at radius 2 is 2.14 bits per heavy atom. The Morgan fingerprint density at radius 3 is 2.71 bits per heavy atom. The second-order valence-corrected chi connectivity index (χ2v) is 5.20. The fraction of sp³-hybridized carbons (Fsp3) is 0.385. The van der Waals surface area contributed by atoms with Gasteiger partial charge in [0.1, 0.15) is 16.8 Å². The highest BCUT2D eigenvalue weighted by Gasteiger charge is 2.41. The van der Waals surface area contributed by atoms with E-state index in [-0.39, 0.29) is 17.2 Å². The van der Waals surface area contributed by atoms with Crippen molar-refractivity contribution in [2.24, 2.45) is 0 Å². The van der Waals surface area contributed by atoms with Crippen molar-refractivity contribution in [3.63, 3.8) is 0 Å². The SMILES string of the molecule is CC1(C)C(=O)NCCN1c1cccc(C(=O)O)c1[N+](=O)[O-]. The van der Waals surface area contributed by atoms with Gasteiger partial charge >= 0.3 is 11.7 Å². The summed E-state index contributed by atoms with van der Waals surface area (Å²) in [6, 6.07) is 4.08. The van der Waals surface area contributed by atoms with Gasteiger partial charge in [-0.1, -0.05) is 6.07 Å². The summed E-state index contributed by atoms with van der Waals surface area (Å²) in [5.74, 6) is -1.63. The van der Waals surface area contributed by atoms with Crippen molar-refractivity contribution in [3.8, 4) is 0 Å². The first-order valence-corrected chi connectivity index (χ1v) is 6.33. The molecule has 1 heterocycles. The van der Waals surface area contributed by atoms with Crippen molar-refractivity contribution in [3.05, 3.63) is 33.9 Å². The number of carboxylic acid groups (broad SMARTS) is 1. The lowest BCUT2D eigenvalue weighted by atomic mass is 9.96. The number of nitro groups is 1. The van der Waals surface area contributed by atoms with Crippen LogP contribution in [0, 0.1) is 10.1 Å². The molecule has 1 aromatic rings. The molecule has 0 unspecified atom stereocenters. The number of carboxylic acids is 1. The van der Waals surface area contributed by atoms with Crippen LogP contribution in [0.3, 0.4) is 0 Å². The number of rotatable bonds is 3. The highest BCUT2D eigenvalue weighted by atomic mass is 16.6. The number of hydrogen-bond donors (Lipinski definition) is 2. The maximum Gasteiger partial charge on any atom is 0.342 e. The zero-order valence-electron chi connectivity index (χ0n) is 11.6. The summed E-state index contributed by atoms with van der Waals surface area (Å²) in [7, 11) is 0. The van der Waals surface area contributed by atoms with Crippen molar-refractivity contribution in [2.75, 3.05) is 18.0 Å². The molecule has 1 aliphatic rings. The second-order valence-electron chi connectivity index (χ2n) is 5.20. The molecule has 0 atom stereocenters. The van der Waals surface area contributed by atoms with E-state index < -0.39 is 22.1 Å². The highest BCUT2D eigenvalue weighted by Crippen LogP contribution is 2.36. The fourth-order valence-corrected chi connectivity index (χ4v) is 2.43. The van der Waals surface area contributed by atoms with E-state index in [4.69, 9.17) is 5.11 Å². The number of carbonyl (C=O) groups excluding carboxylic acids is 1. The first-order chi connectivity index (χ1) is 9.76. The van der Waals surface area contributed by atoms with Gasteiger partial charge in [-0.15, -0.1) is 0 Å². The van der Waals surface area contributed by atoms with E-state index in [0.717, 1.165) is 0 Å². The number of carbonyl (C=O) groups is 2. The molecule has 0 aromatic heterocycles. The minimum atomic E-state index is -1.37. The lowest BCUT2D eigenvalue weighted by molar-refractivity contribution is -0.384. The number of benzene rings is 1. The molecule has 1 aliphatic heterocycles. The van der Waals surface area contributed by atoms with Crippen LogP contribution in [0.1, 0.15) is 24.2 Å². The number of aromatic carboxylic acids is 1. The Morgan fingerprint density at radius 1 is 1.48 bits per heavy atom. The second kappa shape index (κ2) is 5.04. The lowest BCUT2D eigenvalue weighted by Gasteiger charge is -2.42. The van der Waals surface area contributed by atoms with Gasteiger partial charge in [0.2, 0.25) is 5.91 Å². The van der Waals surface area contributed by atoms with Gasteiger partial charge in [0.05, 0.1) is 4.92 Å². The number of hydrogen-bond acceptors (Lipinski definition) is 5. The monoisotopic (exact) mass is 293 g/mol. The molecule has 1 amide bonds. The molecule has 0 saturated carbocycles. The predicted molar refractivity (Wildman–Crippen MR) is 74.5 cm³/mol. The zero-order chi connectivity index (χ0) is 15.8. The molecule has 1 aromatic carbocycles. The van der Waals surface area contributed by atoms with Gasteiger partial charge in [-0.25, -0.2) is 4.79 Å². The van der Waals surface area contributed by atoms with E-state index in [2.05, 4.69) is 5.32 Å².